The van der Waals surface area contributed by atoms with Gasteiger partial charge in [-0.3, -0.25) is 14.3 Å². The Kier molecular flexibility index (Phi) is 5.82. The molecule has 4 rings (SSSR count). The summed E-state index contributed by atoms with van der Waals surface area (Å²) in [7, 11) is 0. The van der Waals surface area contributed by atoms with E-state index in [2.05, 4.69) is 23.9 Å². The molecule has 1 aliphatic rings. The van der Waals surface area contributed by atoms with E-state index in [0.717, 1.165) is 37.7 Å². The van der Waals surface area contributed by atoms with E-state index in [9.17, 15) is 14.0 Å². The van der Waals surface area contributed by atoms with Crippen molar-refractivity contribution in [1.29, 1.82) is 0 Å². The molecule has 1 fully saturated rings. The zero-order valence-corrected chi connectivity index (χ0v) is 18.5. The number of fused-ring (bicyclic) bond motifs is 1. The zero-order chi connectivity index (χ0) is 22.2. The number of nitrogens with zero attached hydrogens (tertiary/aromatic N) is 2. The van der Waals surface area contributed by atoms with Gasteiger partial charge in [-0.05, 0) is 57.2 Å². The van der Waals surface area contributed by atoms with Crippen molar-refractivity contribution in [2.75, 3.05) is 0 Å². The van der Waals surface area contributed by atoms with Gasteiger partial charge in [0.05, 0.1) is 17.1 Å². The molecule has 2 aromatic heterocycles. The van der Waals surface area contributed by atoms with Gasteiger partial charge >= 0.3 is 0 Å². The van der Waals surface area contributed by atoms with Crippen LogP contribution in [0.4, 0.5) is 4.39 Å². The van der Waals surface area contributed by atoms with Crippen LogP contribution in [0.2, 0.25) is 0 Å². The van der Waals surface area contributed by atoms with E-state index in [1.54, 1.807) is 4.68 Å². The van der Waals surface area contributed by atoms with Gasteiger partial charge in [-0.2, -0.15) is 5.10 Å². The molecule has 164 valence electrons. The first-order valence-corrected chi connectivity index (χ1v) is 11.3. The lowest BCUT2D eigenvalue weighted by Crippen LogP contribution is -2.35. The molecule has 0 aliphatic heterocycles. The van der Waals surface area contributed by atoms with Gasteiger partial charge in [0, 0.05) is 41.1 Å². The fourth-order valence-electron chi connectivity index (χ4n) is 5.21. The maximum absolute atomic E-state index is 14.6. The number of carbonyl (C=O) groups excluding carboxylic acids is 1. The lowest BCUT2D eigenvalue weighted by Gasteiger charge is -2.33. The molecule has 0 saturated heterocycles. The average molecular weight is 424 g/mol. The number of carbonyl (C=O) groups is 1. The zero-order valence-electron chi connectivity index (χ0n) is 18.5. The van der Waals surface area contributed by atoms with Gasteiger partial charge in [0.1, 0.15) is 11.6 Å². The predicted octanol–water partition coefficient (Wildman–Crippen LogP) is 5.37. The fourth-order valence-corrected chi connectivity index (χ4v) is 5.21. The molecule has 2 heterocycles. The highest BCUT2D eigenvalue weighted by atomic mass is 19.1. The fraction of sp³-hybridized carbons (Fsp3) is 0.480. The third-order valence-corrected chi connectivity index (χ3v) is 7.23. The molecule has 31 heavy (non-hydrogen) atoms. The van der Waals surface area contributed by atoms with Crippen LogP contribution in [0.15, 0.2) is 35.3 Å². The molecule has 0 amide bonds. The minimum atomic E-state index is -0.353. The minimum absolute atomic E-state index is 0.0461. The number of aryl methyl sites for hydroxylation is 1. The first-order chi connectivity index (χ1) is 14.9. The summed E-state index contributed by atoms with van der Waals surface area (Å²) < 4.78 is 16.4. The van der Waals surface area contributed by atoms with Crippen LogP contribution in [0, 0.1) is 11.7 Å². The van der Waals surface area contributed by atoms with E-state index in [1.165, 1.54) is 12.3 Å². The van der Waals surface area contributed by atoms with Gasteiger partial charge in [0.25, 0.3) is 5.56 Å². The van der Waals surface area contributed by atoms with Crippen molar-refractivity contribution >= 4 is 16.7 Å². The van der Waals surface area contributed by atoms with E-state index < -0.39 is 0 Å². The molecule has 1 saturated carbocycles. The first kappa shape index (κ1) is 21.5. The van der Waals surface area contributed by atoms with Gasteiger partial charge in [-0.15, -0.1) is 0 Å². The topological polar surface area (TPSA) is 67.8 Å². The van der Waals surface area contributed by atoms with Gasteiger partial charge < -0.3 is 4.98 Å². The Balaban J connectivity index is 1.74. The van der Waals surface area contributed by atoms with Crippen molar-refractivity contribution in [3.05, 3.63) is 52.2 Å². The Morgan fingerprint density at radius 3 is 2.58 bits per heavy atom. The van der Waals surface area contributed by atoms with Crippen LogP contribution < -0.4 is 5.56 Å². The number of H-pyrrole nitrogens is 1. The van der Waals surface area contributed by atoms with Gasteiger partial charge in [0.15, 0.2) is 0 Å². The third kappa shape index (κ3) is 3.73. The summed E-state index contributed by atoms with van der Waals surface area (Å²) in [6, 6.07) is 7.04. The van der Waals surface area contributed by atoms with Crippen LogP contribution >= 0.6 is 0 Å². The highest BCUT2D eigenvalue weighted by Crippen LogP contribution is 2.40. The number of aromatic amines is 1. The molecular weight excluding hydrogens is 393 g/mol. The van der Waals surface area contributed by atoms with Crippen molar-refractivity contribution < 1.29 is 9.18 Å². The molecule has 0 radical (unpaired) electrons. The number of aromatic nitrogens is 3. The third-order valence-electron chi connectivity index (χ3n) is 7.23. The van der Waals surface area contributed by atoms with Crippen molar-refractivity contribution in [2.45, 2.75) is 71.3 Å². The molecule has 1 atom stereocenters. The molecule has 1 aliphatic carbocycles. The highest BCUT2D eigenvalue weighted by Gasteiger charge is 2.37. The quantitative estimate of drug-likeness (QED) is 0.556. The smallest absolute Gasteiger partial charge is 0.252 e. The summed E-state index contributed by atoms with van der Waals surface area (Å²) in [6.45, 7) is 6.77. The monoisotopic (exact) mass is 423 g/mol. The van der Waals surface area contributed by atoms with Crippen molar-refractivity contribution in [1.82, 2.24) is 14.8 Å². The number of hydrogen-bond acceptors (Lipinski definition) is 3. The molecule has 1 aromatic carbocycles. The largest absolute Gasteiger partial charge is 0.322 e. The standard InChI is InChI=1S/C25H30FN3O2/c1-4-25(5-2,14-16-8-7-9-23(16)30)19-10-11-21(28-24(19)31)17-12-20(26)18-15-27-29(6-3)22(18)13-17/h10-13,15-16H,4-9,14H2,1-3H3,(H,28,31). The number of rotatable bonds is 7. The van der Waals surface area contributed by atoms with Crippen molar-refractivity contribution in [3.63, 3.8) is 0 Å². The molecular formula is C25H30FN3O2. The molecule has 5 nitrogen and oxygen atoms in total. The molecule has 0 spiro atoms. The number of pyridine rings is 1. The maximum atomic E-state index is 14.6. The van der Waals surface area contributed by atoms with Crippen LogP contribution in [0.25, 0.3) is 22.2 Å². The van der Waals surface area contributed by atoms with Crippen LogP contribution in [0.5, 0.6) is 0 Å². The number of ketones is 1. The number of Topliss-reactive ketones (excluding diaryl/α,β-unsaturated/α-hetero) is 1. The predicted molar refractivity (Wildman–Crippen MR) is 121 cm³/mol. The van der Waals surface area contributed by atoms with E-state index >= 15 is 0 Å². The summed E-state index contributed by atoms with van der Waals surface area (Å²) in [4.78, 5) is 28.5. The van der Waals surface area contributed by atoms with Crippen LogP contribution in [-0.2, 0) is 16.8 Å². The van der Waals surface area contributed by atoms with E-state index in [1.807, 2.05) is 25.1 Å². The molecule has 6 heteroatoms. The highest BCUT2D eigenvalue weighted by molar-refractivity contribution is 5.84. The maximum Gasteiger partial charge on any atom is 0.252 e. The van der Waals surface area contributed by atoms with E-state index in [-0.39, 0.29) is 22.7 Å². The summed E-state index contributed by atoms with van der Waals surface area (Å²) in [5.74, 6) is 0.0220. The minimum Gasteiger partial charge on any atom is -0.322 e. The SMILES string of the molecule is CCn1ncc2c(F)cc(-c3ccc(C(CC)(CC)CC4CCCC4=O)c(=O)[nH]3)cc21. The lowest BCUT2D eigenvalue weighted by molar-refractivity contribution is -0.121. The second kappa shape index (κ2) is 8.40. The Morgan fingerprint density at radius 1 is 1.19 bits per heavy atom. The molecule has 3 aromatic rings. The van der Waals surface area contributed by atoms with Crippen LogP contribution in [0.1, 0.15) is 64.9 Å². The second-order valence-electron chi connectivity index (χ2n) is 8.71. The van der Waals surface area contributed by atoms with Gasteiger partial charge in [-0.25, -0.2) is 4.39 Å². The van der Waals surface area contributed by atoms with E-state index in [4.69, 9.17) is 0 Å². The number of hydrogen-bond donors (Lipinski definition) is 1. The van der Waals surface area contributed by atoms with E-state index in [0.29, 0.717) is 40.9 Å². The summed E-state index contributed by atoms with van der Waals surface area (Å²) in [5, 5.41) is 4.70. The van der Waals surface area contributed by atoms with Crippen LogP contribution in [0.3, 0.4) is 0 Å². The second-order valence-corrected chi connectivity index (χ2v) is 8.71. The molecule has 0 bridgehead atoms. The first-order valence-electron chi connectivity index (χ1n) is 11.3. The Bertz CT molecular complexity index is 1170. The van der Waals surface area contributed by atoms with Gasteiger partial charge in [0.2, 0.25) is 0 Å². The van der Waals surface area contributed by atoms with Crippen LogP contribution in [-0.4, -0.2) is 20.5 Å². The Hall–Kier alpha value is -2.76. The van der Waals surface area contributed by atoms with Crippen molar-refractivity contribution in [2.24, 2.45) is 5.92 Å². The summed E-state index contributed by atoms with van der Waals surface area (Å²) in [5.41, 5.74) is 2.15. The van der Waals surface area contributed by atoms with Gasteiger partial charge in [-0.1, -0.05) is 19.9 Å². The Labute approximate surface area is 181 Å². The number of halogens is 1. The normalized spacial score (nSPS) is 17.0. The summed E-state index contributed by atoms with van der Waals surface area (Å²) in [6.07, 6.45) is 6.37. The lowest BCUT2D eigenvalue weighted by atomic mass is 9.70. The Morgan fingerprint density at radius 2 is 1.97 bits per heavy atom. The molecule has 1 unspecified atom stereocenters. The molecule has 1 N–H and O–H groups in total. The number of nitrogens with one attached hydrogen (secondary N) is 1. The average Bonchev–Trinajstić information content (AvgIpc) is 3.38. The van der Waals surface area contributed by atoms with Crippen molar-refractivity contribution in [3.8, 4) is 11.3 Å². The summed E-state index contributed by atoms with van der Waals surface area (Å²) >= 11 is 0. The number of benzene rings is 1.